The molecule has 0 fully saturated rings. The smallest absolute Gasteiger partial charge is 0.370 e. The van der Waals surface area contributed by atoms with Crippen LogP contribution in [0.2, 0.25) is 0 Å². The second kappa shape index (κ2) is 6.66. The van der Waals surface area contributed by atoms with E-state index >= 15 is 0 Å². The number of nitrogens with two attached hydrogens (primary N) is 1. The Bertz CT molecular complexity index is 454. The molecule has 0 radical (unpaired) electrons. The summed E-state index contributed by atoms with van der Waals surface area (Å²) >= 11 is 0. The van der Waals surface area contributed by atoms with Gasteiger partial charge in [-0.15, -0.1) is 0 Å². The molecule has 0 aliphatic rings. The molecule has 4 N–H and O–H groups in total. The van der Waals surface area contributed by atoms with E-state index in [1.165, 1.54) is 0 Å². The van der Waals surface area contributed by atoms with Crippen molar-refractivity contribution in [2.45, 2.75) is 12.6 Å². The lowest BCUT2D eigenvalue weighted by Gasteiger charge is -2.11. The van der Waals surface area contributed by atoms with Crippen molar-refractivity contribution in [2.24, 2.45) is 5.84 Å². The minimum atomic E-state index is -4.57. The van der Waals surface area contributed by atoms with Gasteiger partial charge in [0.15, 0.2) is 5.69 Å². The molecule has 1 aromatic rings. The Labute approximate surface area is 110 Å². The van der Waals surface area contributed by atoms with E-state index in [1.807, 2.05) is 5.43 Å². The number of nitrogen functional groups attached to an aromatic ring is 1. The maximum Gasteiger partial charge on any atom is 0.433 e. The van der Waals surface area contributed by atoms with E-state index in [0.29, 0.717) is 18.7 Å². The molecule has 19 heavy (non-hydrogen) atoms. The monoisotopic (exact) mass is 297 g/mol. The summed E-state index contributed by atoms with van der Waals surface area (Å²) in [5, 5.41) is 2.71. The van der Waals surface area contributed by atoms with Gasteiger partial charge in [0.1, 0.15) is 5.82 Å². The Morgan fingerprint density at radius 2 is 2.11 bits per heavy atom. The third kappa shape index (κ3) is 5.39. The van der Waals surface area contributed by atoms with Crippen LogP contribution in [-0.2, 0) is 17.0 Å². The summed E-state index contributed by atoms with van der Waals surface area (Å²) < 4.78 is 48.5. The number of hydrogen-bond donors (Lipinski definition) is 3. The average Bonchev–Trinajstić information content (AvgIpc) is 2.33. The number of halogens is 3. The van der Waals surface area contributed by atoms with Gasteiger partial charge in [-0.1, -0.05) is 0 Å². The summed E-state index contributed by atoms with van der Waals surface area (Å²) in [6.07, 6.45) is -2.46. The molecule has 1 atom stereocenters. The molecule has 0 saturated carbocycles. The van der Waals surface area contributed by atoms with E-state index < -0.39 is 22.7 Å². The Morgan fingerprint density at radius 3 is 2.63 bits per heavy atom. The number of anilines is 2. The van der Waals surface area contributed by atoms with Crippen molar-refractivity contribution >= 4 is 22.6 Å². The zero-order valence-electron chi connectivity index (χ0n) is 10.1. The van der Waals surface area contributed by atoms with Gasteiger partial charge in [-0.3, -0.25) is 9.63 Å². The molecule has 1 unspecified atom stereocenters. The molecule has 108 valence electrons. The first-order valence-electron chi connectivity index (χ1n) is 5.29. The van der Waals surface area contributed by atoms with Gasteiger partial charge in [0.25, 0.3) is 0 Å². The van der Waals surface area contributed by atoms with Gasteiger partial charge in [-0.05, 0) is 6.42 Å². The molecule has 1 aromatic heterocycles. The highest BCUT2D eigenvalue weighted by Crippen LogP contribution is 2.29. The fourth-order valence-electron chi connectivity index (χ4n) is 1.24. The maximum atomic E-state index is 12.6. The van der Waals surface area contributed by atoms with Gasteiger partial charge in [0.05, 0.1) is 0 Å². The van der Waals surface area contributed by atoms with Crippen LogP contribution >= 0.6 is 0 Å². The van der Waals surface area contributed by atoms with E-state index in [-0.39, 0.29) is 11.8 Å². The van der Waals surface area contributed by atoms with Crippen LogP contribution in [0.3, 0.4) is 0 Å². The Morgan fingerprint density at radius 1 is 1.42 bits per heavy atom. The molecular weight excluding hydrogens is 283 g/mol. The maximum absolute atomic E-state index is 12.6. The first-order chi connectivity index (χ1) is 8.82. The second-order valence-electron chi connectivity index (χ2n) is 3.66. The summed E-state index contributed by atoms with van der Waals surface area (Å²) in [5.41, 5.74) is 0.892. The standard InChI is InChI=1S/C9H14F3N5OS/c1-19(18)4-2-3-14-7-5-6(9(10,11)12)15-8(16-7)17-13/h5H,2-4,13H2,1H3,(H2,14,15,16,17). The molecule has 1 heterocycles. The van der Waals surface area contributed by atoms with Crippen molar-refractivity contribution < 1.29 is 17.4 Å². The number of hydrogen-bond acceptors (Lipinski definition) is 6. The Balaban J connectivity index is 2.74. The van der Waals surface area contributed by atoms with E-state index in [0.717, 1.165) is 6.07 Å². The first kappa shape index (κ1) is 15.6. The van der Waals surface area contributed by atoms with Crippen LogP contribution < -0.4 is 16.6 Å². The largest absolute Gasteiger partial charge is 0.433 e. The third-order valence-electron chi connectivity index (χ3n) is 2.06. The fourth-order valence-corrected chi connectivity index (χ4v) is 1.79. The van der Waals surface area contributed by atoms with Gasteiger partial charge < -0.3 is 5.32 Å². The quantitative estimate of drug-likeness (QED) is 0.411. The van der Waals surface area contributed by atoms with E-state index in [1.54, 1.807) is 6.26 Å². The summed E-state index contributed by atoms with van der Waals surface area (Å²) in [6.45, 7) is 0.359. The van der Waals surface area contributed by atoms with Crippen molar-refractivity contribution in [3.8, 4) is 0 Å². The number of aromatic nitrogens is 2. The highest BCUT2D eigenvalue weighted by atomic mass is 32.2. The van der Waals surface area contributed by atoms with Crippen molar-refractivity contribution in [3.63, 3.8) is 0 Å². The van der Waals surface area contributed by atoms with Crippen LogP contribution in [0.4, 0.5) is 24.9 Å². The number of hydrazine groups is 1. The van der Waals surface area contributed by atoms with Crippen molar-refractivity contribution in [3.05, 3.63) is 11.8 Å². The van der Waals surface area contributed by atoms with Gasteiger partial charge in [-0.2, -0.15) is 18.2 Å². The van der Waals surface area contributed by atoms with Crippen molar-refractivity contribution in [1.29, 1.82) is 0 Å². The van der Waals surface area contributed by atoms with Crippen LogP contribution in [0.5, 0.6) is 0 Å². The number of nitrogens with one attached hydrogen (secondary N) is 2. The topological polar surface area (TPSA) is 92.9 Å². The number of nitrogens with zero attached hydrogens (tertiary/aromatic N) is 2. The summed E-state index contributed by atoms with van der Waals surface area (Å²) in [5.74, 6) is 5.17. The van der Waals surface area contributed by atoms with Crippen molar-refractivity contribution in [2.75, 3.05) is 29.3 Å². The molecule has 0 amide bonds. The molecule has 0 bridgehead atoms. The predicted molar refractivity (Wildman–Crippen MR) is 66.9 cm³/mol. The normalized spacial score (nSPS) is 13.1. The lowest BCUT2D eigenvalue weighted by Crippen LogP contribution is -2.17. The van der Waals surface area contributed by atoms with Crippen LogP contribution in [0.25, 0.3) is 0 Å². The van der Waals surface area contributed by atoms with Crippen LogP contribution in [-0.4, -0.2) is 32.7 Å². The lowest BCUT2D eigenvalue weighted by atomic mass is 10.3. The zero-order valence-corrected chi connectivity index (χ0v) is 10.9. The second-order valence-corrected chi connectivity index (χ2v) is 5.22. The molecule has 0 aromatic carbocycles. The molecule has 1 rings (SSSR count). The predicted octanol–water partition coefficient (Wildman–Crippen LogP) is 0.962. The number of rotatable bonds is 6. The molecule has 0 aliphatic heterocycles. The summed E-state index contributed by atoms with van der Waals surface area (Å²) in [7, 11) is -0.933. The lowest BCUT2D eigenvalue weighted by molar-refractivity contribution is -0.141. The molecule has 0 saturated heterocycles. The van der Waals surface area contributed by atoms with Crippen molar-refractivity contribution in [1.82, 2.24) is 9.97 Å². The zero-order chi connectivity index (χ0) is 14.5. The molecule has 10 heteroatoms. The van der Waals surface area contributed by atoms with Gasteiger partial charge in [0, 0.05) is 35.4 Å². The molecule has 0 aliphatic carbocycles. The van der Waals surface area contributed by atoms with Crippen LogP contribution in [0.1, 0.15) is 12.1 Å². The summed E-state index contributed by atoms with van der Waals surface area (Å²) in [6, 6.07) is 0.795. The minimum Gasteiger partial charge on any atom is -0.370 e. The van der Waals surface area contributed by atoms with Gasteiger partial charge in [-0.25, -0.2) is 10.8 Å². The SMILES string of the molecule is CS(=O)CCCNc1cc(C(F)(F)F)nc(NN)n1. The summed E-state index contributed by atoms with van der Waals surface area (Å²) in [4.78, 5) is 6.97. The van der Waals surface area contributed by atoms with Gasteiger partial charge >= 0.3 is 6.18 Å². The minimum absolute atomic E-state index is 0.0113. The highest BCUT2D eigenvalue weighted by molar-refractivity contribution is 7.84. The highest BCUT2D eigenvalue weighted by Gasteiger charge is 2.33. The van der Waals surface area contributed by atoms with E-state index in [2.05, 4.69) is 15.3 Å². The van der Waals surface area contributed by atoms with E-state index in [4.69, 9.17) is 5.84 Å². The average molecular weight is 297 g/mol. The molecular formula is C9H14F3N5OS. The third-order valence-corrected chi connectivity index (χ3v) is 2.92. The van der Waals surface area contributed by atoms with Crippen LogP contribution in [0, 0.1) is 0 Å². The Hall–Kier alpha value is -1.42. The van der Waals surface area contributed by atoms with Gasteiger partial charge in [0.2, 0.25) is 5.95 Å². The molecule has 6 nitrogen and oxygen atoms in total. The first-order valence-corrected chi connectivity index (χ1v) is 7.02. The Kier molecular flexibility index (Phi) is 5.48. The number of alkyl halides is 3. The fraction of sp³-hybridized carbons (Fsp3) is 0.556. The van der Waals surface area contributed by atoms with Crippen LogP contribution in [0.15, 0.2) is 6.07 Å². The molecule has 0 spiro atoms. The van der Waals surface area contributed by atoms with E-state index in [9.17, 15) is 17.4 Å².